The van der Waals surface area contributed by atoms with Crippen LogP contribution in [0, 0.1) is 5.41 Å². The molecular formula is C21H23N3O3S. The molecule has 1 amide bonds. The first-order valence-corrected chi connectivity index (χ1v) is 9.43. The van der Waals surface area contributed by atoms with Gasteiger partial charge in [-0.3, -0.25) is 4.79 Å². The van der Waals surface area contributed by atoms with Gasteiger partial charge in [0.05, 0.1) is 5.56 Å². The van der Waals surface area contributed by atoms with E-state index in [4.69, 9.17) is 16.6 Å². The third-order valence-corrected chi connectivity index (χ3v) is 4.46. The number of benzene rings is 2. The van der Waals surface area contributed by atoms with Crippen molar-refractivity contribution in [3.63, 3.8) is 0 Å². The van der Waals surface area contributed by atoms with Crippen LogP contribution in [0.25, 0.3) is 22.6 Å². The van der Waals surface area contributed by atoms with E-state index < -0.39 is 5.41 Å². The van der Waals surface area contributed by atoms with E-state index in [2.05, 4.69) is 22.5 Å². The number of nitrogens with one attached hydrogen (secondary N) is 2. The number of hydrogen-bond donors (Lipinski definition) is 3. The molecule has 0 unspecified atom stereocenters. The van der Waals surface area contributed by atoms with E-state index in [-0.39, 0.29) is 16.8 Å². The zero-order valence-corrected chi connectivity index (χ0v) is 17.1. The van der Waals surface area contributed by atoms with Gasteiger partial charge in [-0.1, -0.05) is 33.8 Å². The molecule has 3 N–H and O–H groups in total. The number of thiocarbonyl (C=S) groups is 1. The first-order valence-electron chi connectivity index (χ1n) is 9.02. The summed E-state index contributed by atoms with van der Waals surface area (Å²) in [6, 6.07) is 10.8. The second-order valence-electron chi connectivity index (χ2n) is 7.56. The number of aromatic hydroxyl groups is 1. The summed E-state index contributed by atoms with van der Waals surface area (Å²) in [6.45, 7) is 7.48. The molecule has 0 fully saturated rings. The second kappa shape index (κ2) is 7.59. The van der Waals surface area contributed by atoms with E-state index >= 15 is 0 Å². The van der Waals surface area contributed by atoms with Crippen molar-refractivity contribution in [2.24, 2.45) is 5.41 Å². The minimum Gasteiger partial charge on any atom is -0.507 e. The lowest BCUT2D eigenvalue weighted by Crippen LogP contribution is -2.41. The molecule has 146 valence electrons. The summed E-state index contributed by atoms with van der Waals surface area (Å²) in [7, 11) is 0. The molecule has 0 aliphatic carbocycles. The van der Waals surface area contributed by atoms with E-state index in [0.717, 1.165) is 11.9 Å². The van der Waals surface area contributed by atoms with Crippen molar-refractivity contribution in [2.75, 3.05) is 5.32 Å². The number of carbonyl (C=O) groups is 1. The Labute approximate surface area is 169 Å². The predicted molar refractivity (Wildman–Crippen MR) is 114 cm³/mol. The number of aryl methyl sites for hydroxylation is 1. The molecule has 0 aliphatic rings. The lowest BCUT2D eigenvalue weighted by atomic mass is 9.96. The Hall–Kier alpha value is -2.93. The molecule has 0 aliphatic heterocycles. The SMILES string of the molecule is CCc1ccc2oc(-c3ccc(NC(=S)NC(=O)C(C)(C)C)cc3O)nc2c1. The summed E-state index contributed by atoms with van der Waals surface area (Å²) in [5.41, 5.74) is 3.06. The Morgan fingerprint density at radius 3 is 2.61 bits per heavy atom. The zero-order chi connectivity index (χ0) is 20.5. The number of nitrogens with zero attached hydrogens (tertiary/aromatic N) is 1. The van der Waals surface area contributed by atoms with Crippen LogP contribution in [0.1, 0.15) is 33.3 Å². The van der Waals surface area contributed by atoms with Crippen LogP contribution in [0.15, 0.2) is 40.8 Å². The van der Waals surface area contributed by atoms with Crippen LogP contribution in [0.2, 0.25) is 0 Å². The molecule has 28 heavy (non-hydrogen) atoms. The van der Waals surface area contributed by atoms with Gasteiger partial charge in [0.15, 0.2) is 10.7 Å². The lowest BCUT2D eigenvalue weighted by Gasteiger charge is -2.18. The molecule has 0 spiro atoms. The Kier molecular flexibility index (Phi) is 5.38. The average molecular weight is 398 g/mol. The minimum absolute atomic E-state index is 0.00257. The van der Waals surface area contributed by atoms with Gasteiger partial charge in [0, 0.05) is 17.2 Å². The van der Waals surface area contributed by atoms with Crippen LogP contribution in [0.5, 0.6) is 5.75 Å². The van der Waals surface area contributed by atoms with Crippen LogP contribution >= 0.6 is 12.2 Å². The number of carbonyl (C=O) groups excluding carboxylic acids is 1. The summed E-state index contributed by atoms with van der Waals surface area (Å²) >= 11 is 5.16. The van der Waals surface area contributed by atoms with Gasteiger partial charge in [-0.15, -0.1) is 0 Å². The highest BCUT2D eigenvalue weighted by Crippen LogP contribution is 2.33. The first kappa shape index (κ1) is 19.8. The molecule has 0 bridgehead atoms. The van der Waals surface area contributed by atoms with Crippen molar-refractivity contribution in [1.29, 1.82) is 0 Å². The molecular weight excluding hydrogens is 374 g/mol. The van der Waals surface area contributed by atoms with Crippen molar-refractivity contribution in [1.82, 2.24) is 10.3 Å². The van der Waals surface area contributed by atoms with Crippen molar-refractivity contribution in [3.8, 4) is 17.2 Å². The third-order valence-electron chi connectivity index (χ3n) is 4.25. The average Bonchev–Trinajstić information content (AvgIpc) is 3.03. The highest BCUT2D eigenvalue weighted by atomic mass is 32.1. The van der Waals surface area contributed by atoms with Gasteiger partial charge in [0.1, 0.15) is 11.3 Å². The monoisotopic (exact) mass is 397 g/mol. The van der Waals surface area contributed by atoms with E-state index in [0.29, 0.717) is 22.7 Å². The maximum atomic E-state index is 12.0. The van der Waals surface area contributed by atoms with Gasteiger partial charge in [0.25, 0.3) is 0 Å². The number of oxazole rings is 1. The van der Waals surface area contributed by atoms with E-state index in [9.17, 15) is 9.90 Å². The molecule has 1 aromatic heterocycles. The summed E-state index contributed by atoms with van der Waals surface area (Å²) in [5.74, 6) is 0.150. The quantitative estimate of drug-likeness (QED) is 0.559. The molecule has 0 radical (unpaired) electrons. The van der Waals surface area contributed by atoms with Crippen molar-refractivity contribution in [3.05, 3.63) is 42.0 Å². The molecule has 1 heterocycles. The fourth-order valence-corrected chi connectivity index (χ4v) is 2.76. The summed E-state index contributed by atoms with van der Waals surface area (Å²) in [6.07, 6.45) is 0.912. The Bertz CT molecular complexity index is 1050. The Morgan fingerprint density at radius 1 is 1.21 bits per heavy atom. The first-order chi connectivity index (χ1) is 13.2. The number of phenolic OH excluding ortho intramolecular Hbond substituents is 1. The van der Waals surface area contributed by atoms with Crippen LogP contribution < -0.4 is 10.6 Å². The number of phenols is 1. The number of amides is 1. The maximum absolute atomic E-state index is 12.0. The van der Waals surface area contributed by atoms with Crippen molar-refractivity contribution >= 4 is 40.0 Å². The van der Waals surface area contributed by atoms with E-state index in [1.165, 1.54) is 11.6 Å². The Morgan fingerprint density at radius 2 is 1.96 bits per heavy atom. The van der Waals surface area contributed by atoms with Crippen LogP contribution in [-0.4, -0.2) is 21.1 Å². The molecule has 0 saturated carbocycles. The highest BCUT2D eigenvalue weighted by Gasteiger charge is 2.22. The zero-order valence-electron chi connectivity index (χ0n) is 16.3. The smallest absolute Gasteiger partial charge is 0.231 e. The summed E-state index contributed by atoms with van der Waals surface area (Å²) < 4.78 is 5.77. The predicted octanol–water partition coefficient (Wildman–Crippen LogP) is 4.62. The van der Waals surface area contributed by atoms with Crippen LogP contribution in [0.4, 0.5) is 5.69 Å². The second-order valence-corrected chi connectivity index (χ2v) is 7.97. The molecule has 0 atom stereocenters. The van der Waals surface area contributed by atoms with E-state index in [1.54, 1.807) is 32.9 Å². The molecule has 0 saturated heterocycles. The number of fused-ring (bicyclic) bond motifs is 1. The largest absolute Gasteiger partial charge is 0.507 e. The van der Waals surface area contributed by atoms with Gasteiger partial charge in [-0.2, -0.15) is 0 Å². The fraction of sp³-hybridized carbons (Fsp3) is 0.286. The molecule has 3 aromatic rings. The Balaban J connectivity index is 1.79. The molecule has 2 aromatic carbocycles. The third kappa shape index (κ3) is 4.31. The van der Waals surface area contributed by atoms with Gasteiger partial charge in [-0.05, 0) is 48.5 Å². The van der Waals surface area contributed by atoms with Gasteiger partial charge in [0.2, 0.25) is 11.8 Å². The number of anilines is 1. The number of aromatic nitrogens is 1. The minimum atomic E-state index is -0.553. The fourth-order valence-electron chi connectivity index (χ4n) is 2.55. The lowest BCUT2D eigenvalue weighted by molar-refractivity contribution is -0.126. The van der Waals surface area contributed by atoms with Crippen LogP contribution in [0.3, 0.4) is 0 Å². The van der Waals surface area contributed by atoms with Gasteiger partial charge < -0.3 is 20.2 Å². The molecule has 7 heteroatoms. The van der Waals surface area contributed by atoms with Gasteiger partial charge in [-0.25, -0.2) is 4.98 Å². The number of rotatable bonds is 3. The summed E-state index contributed by atoms with van der Waals surface area (Å²) in [4.78, 5) is 16.5. The maximum Gasteiger partial charge on any atom is 0.231 e. The van der Waals surface area contributed by atoms with Crippen molar-refractivity contribution in [2.45, 2.75) is 34.1 Å². The molecule has 6 nitrogen and oxygen atoms in total. The van der Waals surface area contributed by atoms with Crippen LogP contribution in [-0.2, 0) is 11.2 Å². The van der Waals surface area contributed by atoms with E-state index in [1.807, 2.05) is 18.2 Å². The highest BCUT2D eigenvalue weighted by molar-refractivity contribution is 7.80. The topological polar surface area (TPSA) is 87.4 Å². The normalized spacial score (nSPS) is 11.4. The van der Waals surface area contributed by atoms with Gasteiger partial charge >= 0.3 is 0 Å². The molecule has 3 rings (SSSR count). The number of hydrogen-bond acceptors (Lipinski definition) is 5. The summed E-state index contributed by atoms with van der Waals surface area (Å²) in [5, 5.41) is 16.1. The van der Waals surface area contributed by atoms with Crippen molar-refractivity contribution < 1.29 is 14.3 Å². The standard InChI is InChI=1S/C21H23N3O3S/c1-5-12-6-9-17-15(10-12)23-18(27-17)14-8-7-13(11-16(14)25)22-20(28)24-19(26)21(2,3)4/h6-11,25H,5H2,1-4H3,(H2,22,24,26,28).